The Hall–Kier alpha value is -1.92. The Morgan fingerprint density at radius 3 is 2.47 bits per heavy atom. The van der Waals surface area contributed by atoms with Crippen LogP contribution in [0.1, 0.15) is 5.56 Å². The third kappa shape index (κ3) is 3.02. The van der Waals surface area contributed by atoms with Gasteiger partial charge in [0.25, 0.3) is 0 Å². The molecule has 88 valence electrons. The number of nitrogen functional groups attached to an aromatic ring is 1. The van der Waals surface area contributed by atoms with E-state index in [2.05, 4.69) is 15.0 Å². The zero-order chi connectivity index (χ0) is 12.3. The number of aliphatic hydroxyl groups excluding tert-OH is 1. The van der Waals surface area contributed by atoms with E-state index in [0.717, 1.165) is 5.56 Å². The van der Waals surface area contributed by atoms with Crippen LogP contribution in [0.3, 0.4) is 0 Å². The molecule has 0 saturated heterocycles. The van der Waals surface area contributed by atoms with Gasteiger partial charge in [0.15, 0.2) is 0 Å². The van der Waals surface area contributed by atoms with Gasteiger partial charge in [-0.3, -0.25) is 0 Å². The number of aromatic nitrogens is 3. The molecule has 0 spiro atoms. The molecule has 1 aromatic carbocycles. The van der Waals surface area contributed by atoms with Crippen molar-refractivity contribution in [1.29, 1.82) is 0 Å². The molecule has 0 bridgehead atoms. The lowest BCUT2D eigenvalue weighted by Crippen LogP contribution is -2.00. The van der Waals surface area contributed by atoms with Gasteiger partial charge in [-0.15, -0.1) is 0 Å². The number of anilines is 1. The molecule has 7 heteroatoms. The Labute approximate surface area is 102 Å². The lowest BCUT2D eigenvalue weighted by Gasteiger charge is -2.04. The fourth-order valence-electron chi connectivity index (χ4n) is 1.16. The van der Waals surface area contributed by atoms with Crippen molar-refractivity contribution in [2.75, 3.05) is 5.73 Å². The lowest BCUT2D eigenvalue weighted by atomic mass is 10.2. The third-order valence-electron chi connectivity index (χ3n) is 1.92. The summed E-state index contributed by atoms with van der Waals surface area (Å²) in [7, 11) is 0. The fraction of sp³-hybridized carbons (Fsp3) is 0.100. The minimum atomic E-state index is -0.0283. The molecule has 2 aromatic rings. The van der Waals surface area contributed by atoms with Crippen molar-refractivity contribution >= 4 is 17.5 Å². The predicted molar refractivity (Wildman–Crippen MR) is 61.7 cm³/mol. The van der Waals surface area contributed by atoms with Crippen molar-refractivity contribution in [3.63, 3.8) is 0 Å². The first kappa shape index (κ1) is 11.6. The highest BCUT2D eigenvalue weighted by Crippen LogP contribution is 2.19. The highest BCUT2D eigenvalue weighted by atomic mass is 35.5. The summed E-state index contributed by atoms with van der Waals surface area (Å²) in [5.41, 5.74) is 6.18. The van der Waals surface area contributed by atoms with E-state index >= 15 is 0 Å². The Bertz CT molecular complexity index is 498. The van der Waals surface area contributed by atoms with Gasteiger partial charge >= 0.3 is 6.01 Å². The van der Waals surface area contributed by atoms with Crippen LogP contribution < -0.4 is 10.5 Å². The zero-order valence-electron chi connectivity index (χ0n) is 8.67. The number of halogens is 1. The number of hydrogen-bond donors (Lipinski definition) is 2. The second-order valence-electron chi connectivity index (χ2n) is 3.15. The van der Waals surface area contributed by atoms with Gasteiger partial charge in [0, 0.05) is 0 Å². The summed E-state index contributed by atoms with van der Waals surface area (Å²) in [4.78, 5) is 11.1. The Balaban J connectivity index is 2.19. The van der Waals surface area contributed by atoms with Crippen LogP contribution in [0.25, 0.3) is 0 Å². The van der Waals surface area contributed by atoms with Crippen LogP contribution >= 0.6 is 11.6 Å². The predicted octanol–water partition coefficient (Wildman–Crippen LogP) is 1.39. The molecule has 0 atom stereocenters. The van der Waals surface area contributed by atoms with Crippen LogP contribution in [-0.2, 0) is 6.61 Å². The Morgan fingerprint density at radius 1 is 1.18 bits per heavy atom. The van der Waals surface area contributed by atoms with Gasteiger partial charge in [0.2, 0.25) is 11.2 Å². The average molecular weight is 253 g/mol. The fourth-order valence-corrected chi connectivity index (χ4v) is 1.32. The summed E-state index contributed by atoms with van der Waals surface area (Å²) in [5.74, 6) is 0.510. The van der Waals surface area contributed by atoms with Crippen LogP contribution in [0.15, 0.2) is 24.3 Å². The summed E-state index contributed by atoms with van der Waals surface area (Å²) in [5, 5.41) is 8.85. The second-order valence-corrected chi connectivity index (χ2v) is 3.49. The van der Waals surface area contributed by atoms with E-state index in [4.69, 9.17) is 27.2 Å². The number of aliphatic hydroxyl groups is 1. The first-order valence-electron chi connectivity index (χ1n) is 4.72. The maximum absolute atomic E-state index is 8.88. The van der Waals surface area contributed by atoms with Gasteiger partial charge in [0.1, 0.15) is 5.75 Å². The van der Waals surface area contributed by atoms with Crippen molar-refractivity contribution in [2.24, 2.45) is 0 Å². The maximum Gasteiger partial charge on any atom is 0.328 e. The third-order valence-corrected chi connectivity index (χ3v) is 2.09. The quantitative estimate of drug-likeness (QED) is 0.857. The number of hydrogen-bond acceptors (Lipinski definition) is 6. The summed E-state index contributed by atoms with van der Waals surface area (Å²) in [6.45, 7) is -0.0230. The van der Waals surface area contributed by atoms with Crippen molar-refractivity contribution in [3.8, 4) is 11.8 Å². The minimum Gasteiger partial charge on any atom is -0.424 e. The molecule has 0 unspecified atom stereocenters. The molecule has 0 aliphatic carbocycles. The maximum atomic E-state index is 8.88. The number of rotatable bonds is 3. The minimum absolute atomic E-state index is 0.00743. The first-order valence-corrected chi connectivity index (χ1v) is 5.10. The summed E-state index contributed by atoms with van der Waals surface area (Å²) in [6.07, 6.45) is 0. The molecular formula is C10H9ClN4O2. The molecule has 6 nitrogen and oxygen atoms in total. The molecule has 1 heterocycles. The highest BCUT2D eigenvalue weighted by Gasteiger charge is 2.04. The van der Waals surface area contributed by atoms with Crippen LogP contribution in [-0.4, -0.2) is 20.1 Å². The molecule has 0 radical (unpaired) electrons. The normalized spacial score (nSPS) is 10.2. The van der Waals surface area contributed by atoms with Gasteiger partial charge < -0.3 is 15.6 Å². The van der Waals surface area contributed by atoms with E-state index in [0.29, 0.717) is 5.75 Å². The molecule has 0 aliphatic heterocycles. The first-order chi connectivity index (χ1) is 8.17. The van der Waals surface area contributed by atoms with Gasteiger partial charge in [-0.05, 0) is 29.3 Å². The Morgan fingerprint density at radius 2 is 1.88 bits per heavy atom. The molecule has 1 aromatic heterocycles. The summed E-state index contributed by atoms with van der Waals surface area (Å²) >= 11 is 5.61. The number of ether oxygens (including phenoxy) is 1. The molecular weight excluding hydrogens is 244 g/mol. The van der Waals surface area contributed by atoms with Gasteiger partial charge in [0.05, 0.1) is 6.61 Å². The van der Waals surface area contributed by atoms with Gasteiger partial charge in [-0.2, -0.15) is 15.0 Å². The molecule has 3 N–H and O–H groups in total. The monoisotopic (exact) mass is 252 g/mol. The van der Waals surface area contributed by atoms with E-state index in [1.165, 1.54) is 0 Å². The molecule has 0 fully saturated rings. The van der Waals surface area contributed by atoms with E-state index < -0.39 is 0 Å². The highest BCUT2D eigenvalue weighted by molar-refractivity contribution is 6.28. The largest absolute Gasteiger partial charge is 0.424 e. The lowest BCUT2D eigenvalue weighted by molar-refractivity contribution is 0.281. The number of benzene rings is 1. The molecule has 2 rings (SSSR count). The van der Waals surface area contributed by atoms with Crippen molar-refractivity contribution in [1.82, 2.24) is 15.0 Å². The van der Waals surface area contributed by atoms with E-state index in [9.17, 15) is 0 Å². The average Bonchev–Trinajstić information content (AvgIpc) is 2.28. The second kappa shape index (κ2) is 4.94. The molecule has 0 saturated carbocycles. The van der Waals surface area contributed by atoms with Crippen molar-refractivity contribution in [3.05, 3.63) is 35.1 Å². The van der Waals surface area contributed by atoms with Crippen LogP contribution in [0, 0.1) is 0 Å². The standard InChI is InChI=1S/C10H9ClN4O2/c11-8-13-9(12)15-10(14-8)17-7-3-1-6(5-16)2-4-7/h1-4,16H,5H2,(H2,12,13,14,15). The molecule has 0 aliphatic rings. The summed E-state index contributed by atoms with van der Waals surface area (Å²) < 4.78 is 5.33. The van der Waals surface area contributed by atoms with Gasteiger partial charge in [-0.1, -0.05) is 12.1 Å². The topological polar surface area (TPSA) is 94.2 Å². The van der Waals surface area contributed by atoms with Gasteiger partial charge in [-0.25, -0.2) is 0 Å². The van der Waals surface area contributed by atoms with Crippen LogP contribution in [0.2, 0.25) is 5.28 Å². The smallest absolute Gasteiger partial charge is 0.328 e. The van der Waals surface area contributed by atoms with Crippen LogP contribution in [0.5, 0.6) is 11.8 Å². The van der Waals surface area contributed by atoms with E-state index in [1.807, 2.05) is 0 Å². The SMILES string of the molecule is Nc1nc(Cl)nc(Oc2ccc(CO)cc2)n1. The molecule has 0 amide bonds. The van der Waals surface area contributed by atoms with Crippen LogP contribution in [0.4, 0.5) is 5.95 Å². The van der Waals surface area contributed by atoms with Crippen molar-refractivity contribution in [2.45, 2.75) is 6.61 Å². The molecule has 17 heavy (non-hydrogen) atoms. The summed E-state index contributed by atoms with van der Waals surface area (Å²) in [6, 6.07) is 6.83. The zero-order valence-corrected chi connectivity index (χ0v) is 9.42. The van der Waals surface area contributed by atoms with E-state index in [1.54, 1.807) is 24.3 Å². The Kier molecular flexibility index (Phi) is 3.36. The number of nitrogens with zero attached hydrogens (tertiary/aromatic N) is 3. The van der Waals surface area contributed by atoms with Crippen molar-refractivity contribution < 1.29 is 9.84 Å². The van der Waals surface area contributed by atoms with E-state index in [-0.39, 0.29) is 23.8 Å². The number of nitrogens with two attached hydrogens (primary N) is 1.